The average molecular weight is 240 g/mol. The summed E-state index contributed by atoms with van der Waals surface area (Å²) in [6, 6.07) is -0.130. The maximum absolute atomic E-state index is 11.7. The molecule has 0 radical (unpaired) electrons. The van der Waals surface area contributed by atoms with Crippen LogP contribution in [0.4, 0.5) is 4.79 Å². The number of carbonyl (C=O) groups excluding carboxylic acids is 1. The van der Waals surface area contributed by atoms with Crippen LogP contribution in [0.25, 0.3) is 0 Å². The fraction of sp³-hybridized carbons (Fsp3) is 0.600. The van der Waals surface area contributed by atoms with E-state index in [4.69, 9.17) is 4.74 Å². The van der Waals surface area contributed by atoms with E-state index in [2.05, 4.69) is 15.5 Å². The number of nitrogens with one attached hydrogen (secondary N) is 3. The smallest absolute Gasteiger partial charge is 0.317 e. The van der Waals surface area contributed by atoms with E-state index in [1.807, 2.05) is 0 Å². The van der Waals surface area contributed by atoms with E-state index >= 15 is 0 Å². The van der Waals surface area contributed by atoms with Crippen molar-refractivity contribution in [1.29, 1.82) is 0 Å². The van der Waals surface area contributed by atoms with Crippen molar-refractivity contribution in [1.82, 2.24) is 20.4 Å². The van der Waals surface area contributed by atoms with Crippen LogP contribution in [0.3, 0.4) is 0 Å². The Labute approximate surface area is 98.1 Å². The Balaban J connectivity index is 1.93. The third kappa shape index (κ3) is 2.50. The van der Waals surface area contributed by atoms with Crippen molar-refractivity contribution < 1.29 is 9.53 Å². The van der Waals surface area contributed by atoms with Crippen LogP contribution in [0.15, 0.2) is 4.79 Å². The fourth-order valence-corrected chi connectivity index (χ4v) is 1.88. The Hall–Kier alpha value is -1.76. The van der Waals surface area contributed by atoms with Gasteiger partial charge in [0.25, 0.3) is 5.56 Å². The lowest BCUT2D eigenvalue weighted by Gasteiger charge is -2.26. The zero-order valence-corrected chi connectivity index (χ0v) is 9.71. The molecular formula is C10H16N4O3. The summed E-state index contributed by atoms with van der Waals surface area (Å²) in [4.78, 5) is 24.7. The quantitative estimate of drug-likeness (QED) is 0.617. The summed E-state index contributed by atoms with van der Waals surface area (Å²) in [6.07, 6.45) is 0.589. The predicted octanol–water partition coefficient (Wildman–Crippen LogP) is -0.583. The van der Waals surface area contributed by atoms with Crippen LogP contribution in [0.1, 0.15) is 11.3 Å². The maximum Gasteiger partial charge on any atom is 0.317 e. The van der Waals surface area contributed by atoms with Crippen molar-refractivity contribution in [3.8, 4) is 0 Å². The Morgan fingerprint density at radius 3 is 3.12 bits per heavy atom. The van der Waals surface area contributed by atoms with Gasteiger partial charge in [0.1, 0.15) is 0 Å². The number of methoxy groups -OCH3 is 1. The minimum atomic E-state index is -0.130. The van der Waals surface area contributed by atoms with Crippen molar-refractivity contribution >= 4 is 6.03 Å². The van der Waals surface area contributed by atoms with Gasteiger partial charge < -0.3 is 20.1 Å². The third-order valence-corrected chi connectivity index (χ3v) is 2.82. The van der Waals surface area contributed by atoms with Crippen molar-refractivity contribution in [3.05, 3.63) is 21.6 Å². The molecule has 1 aromatic heterocycles. The van der Waals surface area contributed by atoms with Crippen molar-refractivity contribution in [3.63, 3.8) is 0 Å². The zero-order chi connectivity index (χ0) is 12.3. The number of ether oxygens (including phenoxy) is 1. The second-order valence-corrected chi connectivity index (χ2v) is 3.93. The number of urea groups is 1. The molecule has 0 unspecified atom stereocenters. The molecule has 2 heterocycles. The van der Waals surface area contributed by atoms with E-state index in [0.717, 1.165) is 11.3 Å². The fourth-order valence-electron chi connectivity index (χ4n) is 1.88. The molecule has 0 atom stereocenters. The molecule has 3 N–H and O–H groups in total. The third-order valence-electron chi connectivity index (χ3n) is 2.82. The molecule has 1 aliphatic rings. The monoisotopic (exact) mass is 240 g/mol. The molecule has 0 aromatic carbocycles. The van der Waals surface area contributed by atoms with E-state index in [1.165, 1.54) is 0 Å². The van der Waals surface area contributed by atoms with E-state index in [-0.39, 0.29) is 11.6 Å². The number of aromatic amines is 2. The van der Waals surface area contributed by atoms with Crippen LogP contribution < -0.4 is 10.9 Å². The molecule has 7 heteroatoms. The van der Waals surface area contributed by atoms with Crippen LogP contribution >= 0.6 is 0 Å². The molecule has 94 valence electrons. The second-order valence-electron chi connectivity index (χ2n) is 3.93. The lowest BCUT2D eigenvalue weighted by Crippen LogP contribution is -2.44. The summed E-state index contributed by atoms with van der Waals surface area (Å²) in [6.45, 7) is 1.98. The Kier molecular flexibility index (Phi) is 3.48. The minimum absolute atomic E-state index is 0.0839. The molecule has 0 saturated carbocycles. The van der Waals surface area contributed by atoms with Gasteiger partial charge in [-0.1, -0.05) is 0 Å². The molecule has 1 aliphatic heterocycles. The number of fused-ring (bicyclic) bond motifs is 1. The van der Waals surface area contributed by atoms with Crippen molar-refractivity contribution in [2.45, 2.75) is 13.0 Å². The molecule has 1 aromatic rings. The van der Waals surface area contributed by atoms with Gasteiger partial charge in [-0.25, -0.2) is 4.79 Å². The van der Waals surface area contributed by atoms with E-state index < -0.39 is 0 Å². The highest BCUT2D eigenvalue weighted by molar-refractivity contribution is 5.74. The lowest BCUT2D eigenvalue weighted by molar-refractivity contribution is 0.175. The van der Waals surface area contributed by atoms with Crippen LogP contribution in [0.2, 0.25) is 0 Å². The summed E-state index contributed by atoms with van der Waals surface area (Å²) >= 11 is 0. The van der Waals surface area contributed by atoms with E-state index in [1.54, 1.807) is 12.0 Å². The molecule has 0 spiro atoms. The predicted molar refractivity (Wildman–Crippen MR) is 60.8 cm³/mol. The molecule has 2 rings (SSSR count). The number of carbonyl (C=O) groups is 1. The molecule has 0 aliphatic carbocycles. The lowest BCUT2D eigenvalue weighted by atomic mass is 10.1. The van der Waals surface area contributed by atoms with Gasteiger partial charge in [0.05, 0.1) is 18.8 Å². The number of H-pyrrole nitrogens is 2. The number of aromatic nitrogens is 2. The molecule has 0 fully saturated rings. The van der Waals surface area contributed by atoms with Gasteiger partial charge in [-0.15, -0.1) is 0 Å². The summed E-state index contributed by atoms with van der Waals surface area (Å²) in [5.41, 5.74) is 1.47. The van der Waals surface area contributed by atoms with E-state index in [0.29, 0.717) is 32.7 Å². The molecular weight excluding hydrogens is 224 g/mol. The first-order valence-electron chi connectivity index (χ1n) is 5.52. The van der Waals surface area contributed by atoms with Gasteiger partial charge >= 0.3 is 6.03 Å². The second kappa shape index (κ2) is 5.05. The number of amides is 2. The zero-order valence-electron chi connectivity index (χ0n) is 9.71. The number of rotatable bonds is 3. The number of nitrogens with zero attached hydrogens (tertiary/aromatic N) is 1. The largest absolute Gasteiger partial charge is 0.383 e. The van der Waals surface area contributed by atoms with Gasteiger partial charge in [-0.2, -0.15) is 0 Å². The molecule has 7 nitrogen and oxygen atoms in total. The minimum Gasteiger partial charge on any atom is -0.383 e. The van der Waals surface area contributed by atoms with Gasteiger partial charge in [0, 0.05) is 25.8 Å². The number of hydrogen-bond acceptors (Lipinski definition) is 3. The first-order chi connectivity index (χ1) is 8.22. The summed E-state index contributed by atoms with van der Waals surface area (Å²) in [5, 5.41) is 8.08. The van der Waals surface area contributed by atoms with E-state index in [9.17, 15) is 9.59 Å². The molecule has 0 saturated heterocycles. The van der Waals surface area contributed by atoms with Crippen LogP contribution in [-0.4, -0.2) is 47.9 Å². The highest BCUT2D eigenvalue weighted by atomic mass is 16.5. The first-order valence-corrected chi connectivity index (χ1v) is 5.52. The Morgan fingerprint density at radius 2 is 2.35 bits per heavy atom. The standard InChI is InChI=1S/C10H16N4O3/c1-17-5-3-11-10(16)14-4-2-7-8(6-14)12-13-9(7)15/h2-6H2,1H3,(H,11,16)(H2,12,13,15). The molecule has 0 bridgehead atoms. The summed E-state index contributed by atoms with van der Waals surface area (Å²) in [5.74, 6) is 0. The number of hydrogen-bond donors (Lipinski definition) is 3. The van der Waals surface area contributed by atoms with Gasteiger partial charge in [-0.3, -0.25) is 9.89 Å². The van der Waals surface area contributed by atoms with Gasteiger partial charge in [0.15, 0.2) is 0 Å². The molecule has 17 heavy (non-hydrogen) atoms. The van der Waals surface area contributed by atoms with Crippen LogP contribution in [-0.2, 0) is 17.7 Å². The Morgan fingerprint density at radius 1 is 1.53 bits per heavy atom. The summed E-state index contributed by atoms with van der Waals surface area (Å²) in [7, 11) is 1.59. The topological polar surface area (TPSA) is 90.2 Å². The average Bonchev–Trinajstić information content (AvgIpc) is 2.71. The summed E-state index contributed by atoms with van der Waals surface area (Å²) < 4.78 is 4.85. The highest BCUT2D eigenvalue weighted by Crippen LogP contribution is 2.12. The maximum atomic E-state index is 11.7. The first kappa shape index (κ1) is 11.7. The highest BCUT2D eigenvalue weighted by Gasteiger charge is 2.23. The van der Waals surface area contributed by atoms with Gasteiger partial charge in [-0.05, 0) is 6.42 Å². The van der Waals surface area contributed by atoms with Crippen LogP contribution in [0, 0.1) is 0 Å². The molecule has 2 amide bonds. The van der Waals surface area contributed by atoms with Gasteiger partial charge in [0.2, 0.25) is 0 Å². The normalized spacial score (nSPS) is 14.5. The van der Waals surface area contributed by atoms with Crippen LogP contribution in [0.5, 0.6) is 0 Å². The SMILES string of the molecule is COCCNC(=O)N1CCc2c([nH][nH]c2=O)C1. The Bertz CT molecular complexity index is 451. The van der Waals surface area contributed by atoms with Crippen molar-refractivity contribution in [2.24, 2.45) is 0 Å². The van der Waals surface area contributed by atoms with Crippen molar-refractivity contribution in [2.75, 3.05) is 26.8 Å².